The molecule has 0 bridgehead atoms. The van der Waals surface area contributed by atoms with Crippen molar-refractivity contribution in [3.05, 3.63) is 66.0 Å². The smallest absolute Gasteiger partial charge is 0.231 e. The Hall–Kier alpha value is -1.56. The topological polar surface area (TPSA) is 45.2 Å². The minimum absolute atomic E-state index is 0. The first kappa shape index (κ1) is 21.7. The lowest BCUT2D eigenvalue weighted by atomic mass is 9.95. The van der Waals surface area contributed by atoms with Crippen molar-refractivity contribution in [1.82, 2.24) is 15.2 Å². The quantitative estimate of drug-likeness (QED) is 0.798. The van der Waals surface area contributed by atoms with Crippen LogP contribution in [0.5, 0.6) is 0 Å². The number of hydrogen-bond acceptors (Lipinski definition) is 3. The van der Waals surface area contributed by atoms with Crippen molar-refractivity contribution in [3.63, 3.8) is 0 Å². The van der Waals surface area contributed by atoms with Crippen LogP contribution in [-0.2, 0) is 10.2 Å². The largest absolute Gasteiger partial charge is 0.347 e. The molecular formula is C21H28ClN3OS. The van der Waals surface area contributed by atoms with Gasteiger partial charge in [0, 0.05) is 18.9 Å². The molecule has 2 aromatic rings. The van der Waals surface area contributed by atoms with Crippen LogP contribution in [0.25, 0.3) is 0 Å². The molecule has 1 aromatic carbocycles. The zero-order valence-electron chi connectivity index (χ0n) is 15.4. The predicted molar refractivity (Wildman–Crippen MR) is 116 cm³/mol. The maximum atomic E-state index is 13.1. The Morgan fingerprint density at radius 2 is 1.81 bits per heavy atom. The molecule has 4 nitrogen and oxygen atoms in total. The van der Waals surface area contributed by atoms with Crippen molar-refractivity contribution in [2.45, 2.75) is 37.1 Å². The van der Waals surface area contributed by atoms with Gasteiger partial charge in [0.15, 0.2) is 0 Å². The Kier molecular flexibility index (Phi) is 7.71. The molecule has 1 N–H and O–H groups in total. The second-order valence-electron chi connectivity index (χ2n) is 7.27. The van der Waals surface area contributed by atoms with Gasteiger partial charge in [-0.15, -0.1) is 12.4 Å². The first-order chi connectivity index (χ1) is 12.3. The molecule has 0 unspecified atom stereocenters. The van der Waals surface area contributed by atoms with E-state index in [1.54, 1.807) is 6.20 Å². The van der Waals surface area contributed by atoms with E-state index in [0.717, 1.165) is 38.0 Å². The number of likely N-dealkylation sites (tertiary alicyclic amines) is 1. The SMILES string of the molecule is Cl.O=C(N[C@H](CN1CCCC1)c1ccccc1)C1(c2cccnc2)CC1.S. The van der Waals surface area contributed by atoms with E-state index in [9.17, 15) is 4.79 Å². The van der Waals surface area contributed by atoms with Gasteiger partial charge >= 0.3 is 0 Å². The lowest BCUT2D eigenvalue weighted by molar-refractivity contribution is -0.124. The minimum Gasteiger partial charge on any atom is -0.347 e. The lowest BCUT2D eigenvalue weighted by Gasteiger charge is -2.27. The van der Waals surface area contributed by atoms with E-state index < -0.39 is 0 Å². The molecule has 4 rings (SSSR count). The molecule has 2 fully saturated rings. The molecule has 1 saturated heterocycles. The van der Waals surface area contributed by atoms with Gasteiger partial charge in [-0.1, -0.05) is 36.4 Å². The maximum Gasteiger partial charge on any atom is 0.231 e. The Morgan fingerprint density at radius 1 is 1.11 bits per heavy atom. The number of amides is 1. The Balaban J connectivity index is 0.00000131. The van der Waals surface area contributed by atoms with E-state index in [2.05, 4.69) is 27.3 Å². The molecule has 0 radical (unpaired) electrons. The number of aromatic nitrogens is 1. The number of benzene rings is 1. The Bertz CT molecular complexity index is 719. The van der Waals surface area contributed by atoms with E-state index in [-0.39, 0.29) is 43.3 Å². The number of hydrogen-bond donors (Lipinski definition) is 1. The van der Waals surface area contributed by atoms with Crippen LogP contribution >= 0.6 is 25.9 Å². The highest BCUT2D eigenvalue weighted by molar-refractivity contribution is 7.59. The van der Waals surface area contributed by atoms with Gasteiger partial charge in [-0.05, 0) is 56.0 Å². The number of nitrogens with zero attached hydrogens (tertiary/aromatic N) is 2. The number of pyridine rings is 1. The third-order valence-electron chi connectivity index (χ3n) is 5.55. The van der Waals surface area contributed by atoms with Crippen molar-refractivity contribution in [1.29, 1.82) is 0 Å². The molecule has 1 aliphatic heterocycles. The monoisotopic (exact) mass is 405 g/mol. The molecule has 2 heterocycles. The first-order valence-corrected chi connectivity index (χ1v) is 9.27. The number of carbonyl (C=O) groups excluding carboxylic acids is 1. The minimum atomic E-state index is -0.369. The summed E-state index contributed by atoms with van der Waals surface area (Å²) in [6.45, 7) is 3.15. The highest BCUT2D eigenvalue weighted by Gasteiger charge is 2.51. The van der Waals surface area contributed by atoms with Gasteiger partial charge in [0.25, 0.3) is 0 Å². The molecule has 2 aliphatic rings. The van der Waals surface area contributed by atoms with Crippen LogP contribution in [0.3, 0.4) is 0 Å². The highest BCUT2D eigenvalue weighted by Crippen LogP contribution is 2.48. The zero-order valence-corrected chi connectivity index (χ0v) is 17.3. The fourth-order valence-electron chi connectivity index (χ4n) is 3.86. The van der Waals surface area contributed by atoms with E-state index in [1.165, 1.54) is 18.4 Å². The molecule has 1 atom stereocenters. The molecule has 1 saturated carbocycles. The summed E-state index contributed by atoms with van der Waals surface area (Å²) in [5.74, 6) is 0.147. The second kappa shape index (κ2) is 9.58. The van der Waals surface area contributed by atoms with Crippen molar-refractivity contribution < 1.29 is 4.79 Å². The van der Waals surface area contributed by atoms with Gasteiger partial charge < -0.3 is 10.2 Å². The number of nitrogens with one attached hydrogen (secondary N) is 1. The van der Waals surface area contributed by atoms with Gasteiger partial charge in [0.05, 0.1) is 11.5 Å². The normalized spacial score (nSPS) is 18.7. The summed E-state index contributed by atoms with van der Waals surface area (Å²) < 4.78 is 0. The number of carbonyl (C=O) groups is 1. The number of rotatable bonds is 6. The molecule has 146 valence electrons. The summed E-state index contributed by atoms with van der Waals surface area (Å²) in [5, 5.41) is 3.35. The molecular weight excluding hydrogens is 378 g/mol. The Morgan fingerprint density at radius 3 is 2.41 bits per heavy atom. The lowest BCUT2D eigenvalue weighted by Crippen LogP contribution is -2.41. The molecule has 27 heavy (non-hydrogen) atoms. The summed E-state index contributed by atoms with van der Waals surface area (Å²) in [4.78, 5) is 19.8. The van der Waals surface area contributed by atoms with Crippen LogP contribution in [0.15, 0.2) is 54.9 Å². The summed E-state index contributed by atoms with van der Waals surface area (Å²) >= 11 is 0. The third-order valence-corrected chi connectivity index (χ3v) is 5.55. The number of halogens is 1. The van der Waals surface area contributed by atoms with Crippen molar-refractivity contribution >= 4 is 31.8 Å². The fourth-order valence-corrected chi connectivity index (χ4v) is 3.86. The summed E-state index contributed by atoms with van der Waals surface area (Å²) in [5.41, 5.74) is 1.86. The van der Waals surface area contributed by atoms with E-state index >= 15 is 0 Å². The maximum absolute atomic E-state index is 13.1. The summed E-state index contributed by atoms with van der Waals surface area (Å²) in [6.07, 6.45) is 7.94. The second-order valence-corrected chi connectivity index (χ2v) is 7.27. The molecule has 1 amide bonds. The molecule has 1 aliphatic carbocycles. The average Bonchev–Trinajstić information content (AvgIpc) is 3.33. The van der Waals surface area contributed by atoms with Crippen LogP contribution in [0, 0.1) is 0 Å². The molecule has 6 heteroatoms. The standard InChI is InChI=1S/C21H25N3O.ClH.H2S/c25-20(21(10-11-21)18-9-6-12-22-15-18)23-19(16-24-13-4-5-14-24)17-7-2-1-3-8-17;;/h1-3,6-9,12,15,19H,4-5,10-11,13-14,16H2,(H,23,25);1H;1H2/t19-;;/m1../s1. The fraction of sp³-hybridized carbons (Fsp3) is 0.429. The van der Waals surface area contributed by atoms with Gasteiger partial charge in [-0.2, -0.15) is 13.5 Å². The van der Waals surface area contributed by atoms with Crippen LogP contribution in [-0.4, -0.2) is 35.4 Å². The van der Waals surface area contributed by atoms with Crippen molar-refractivity contribution in [2.75, 3.05) is 19.6 Å². The molecule has 0 spiro atoms. The third kappa shape index (κ3) is 4.84. The van der Waals surface area contributed by atoms with Crippen LogP contribution in [0.2, 0.25) is 0 Å². The van der Waals surface area contributed by atoms with Crippen molar-refractivity contribution in [3.8, 4) is 0 Å². The first-order valence-electron chi connectivity index (χ1n) is 9.27. The van der Waals surface area contributed by atoms with Crippen LogP contribution in [0.1, 0.15) is 42.9 Å². The van der Waals surface area contributed by atoms with Gasteiger partial charge in [-0.3, -0.25) is 9.78 Å². The van der Waals surface area contributed by atoms with E-state index in [1.807, 2.05) is 36.5 Å². The van der Waals surface area contributed by atoms with E-state index in [4.69, 9.17) is 0 Å². The van der Waals surface area contributed by atoms with E-state index in [0.29, 0.717) is 0 Å². The van der Waals surface area contributed by atoms with Gasteiger partial charge in [-0.25, -0.2) is 0 Å². The highest BCUT2D eigenvalue weighted by atomic mass is 35.5. The average molecular weight is 406 g/mol. The predicted octanol–water partition coefficient (Wildman–Crippen LogP) is 3.60. The van der Waals surface area contributed by atoms with Gasteiger partial charge in [0.2, 0.25) is 5.91 Å². The summed E-state index contributed by atoms with van der Waals surface area (Å²) in [7, 11) is 0. The Labute approximate surface area is 174 Å². The zero-order chi connectivity index (χ0) is 17.1. The molecule has 1 aromatic heterocycles. The van der Waals surface area contributed by atoms with Crippen molar-refractivity contribution in [2.24, 2.45) is 0 Å². The van der Waals surface area contributed by atoms with Crippen LogP contribution in [0.4, 0.5) is 0 Å². The van der Waals surface area contributed by atoms with Gasteiger partial charge in [0.1, 0.15) is 0 Å². The van der Waals surface area contributed by atoms with Crippen LogP contribution < -0.4 is 5.32 Å². The summed E-state index contributed by atoms with van der Waals surface area (Å²) in [6, 6.07) is 14.3.